The van der Waals surface area contributed by atoms with Gasteiger partial charge in [-0.25, -0.2) is 4.79 Å². The molecule has 7 nitrogen and oxygen atoms in total. The van der Waals surface area contributed by atoms with E-state index in [1.807, 2.05) is 68.7 Å². The Bertz CT molecular complexity index is 1070. The Balaban J connectivity index is 1.83. The maximum absolute atomic E-state index is 12.3. The molecule has 1 heterocycles. The molecule has 1 aromatic heterocycles. The van der Waals surface area contributed by atoms with E-state index in [1.54, 1.807) is 12.1 Å². The first-order chi connectivity index (χ1) is 14.6. The number of benzene rings is 2. The first-order valence-corrected chi connectivity index (χ1v) is 11.0. The van der Waals surface area contributed by atoms with Gasteiger partial charge in [-0.3, -0.25) is 14.7 Å². The van der Waals surface area contributed by atoms with E-state index in [0.717, 1.165) is 16.8 Å². The molecule has 0 aliphatic heterocycles. The summed E-state index contributed by atoms with van der Waals surface area (Å²) < 4.78 is 1.87. The number of aryl methyl sites for hydroxylation is 1. The highest BCUT2D eigenvalue weighted by atomic mass is 35.5. The van der Waals surface area contributed by atoms with Crippen LogP contribution in [-0.2, 0) is 4.79 Å². The quantitative estimate of drug-likeness (QED) is 0.546. The number of nitrogens with zero attached hydrogens (tertiary/aromatic N) is 3. The SMILES string of the molecule is Cc1ccc(-c2nnc(SCC(=O)NC(=O)NC(C)(C)C)n2-c2ccc(Cl)cc2)cc1. The predicted octanol–water partition coefficient (Wildman–Crippen LogP) is 4.61. The largest absolute Gasteiger partial charge is 0.333 e. The number of imide groups is 1. The van der Waals surface area contributed by atoms with Gasteiger partial charge in [-0.05, 0) is 52.0 Å². The van der Waals surface area contributed by atoms with Gasteiger partial charge in [0.25, 0.3) is 0 Å². The lowest BCUT2D eigenvalue weighted by Gasteiger charge is -2.20. The smallest absolute Gasteiger partial charge is 0.321 e. The Morgan fingerprint density at radius 2 is 1.68 bits per heavy atom. The van der Waals surface area contributed by atoms with Crippen LogP contribution in [0.25, 0.3) is 17.1 Å². The molecule has 9 heteroatoms. The molecule has 0 spiro atoms. The van der Waals surface area contributed by atoms with E-state index in [0.29, 0.717) is 16.0 Å². The highest BCUT2D eigenvalue weighted by Gasteiger charge is 2.19. The summed E-state index contributed by atoms with van der Waals surface area (Å²) >= 11 is 7.24. The maximum Gasteiger partial charge on any atom is 0.321 e. The summed E-state index contributed by atoms with van der Waals surface area (Å²) in [7, 11) is 0. The lowest BCUT2D eigenvalue weighted by atomic mass is 10.1. The average molecular weight is 458 g/mol. The van der Waals surface area contributed by atoms with E-state index >= 15 is 0 Å². The van der Waals surface area contributed by atoms with Crippen LogP contribution in [0.2, 0.25) is 5.02 Å². The molecule has 0 saturated carbocycles. The van der Waals surface area contributed by atoms with Crippen molar-refractivity contribution in [1.29, 1.82) is 0 Å². The fraction of sp³-hybridized carbons (Fsp3) is 0.273. The van der Waals surface area contributed by atoms with Crippen molar-refractivity contribution in [2.45, 2.75) is 38.4 Å². The van der Waals surface area contributed by atoms with Crippen molar-refractivity contribution in [3.8, 4) is 17.1 Å². The second-order valence-electron chi connectivity index (χ2n) is 8.03. The van der Waals surface area contributed by atoms with Gasteiger partial charge in [-0.2, -0.15) is 0 Å². The monoisotopic (exact) mass is 457 g/mol. The molecule has 0 radical (unpaired) electrons. The fourth-order valence-electron chi connectivity index (χ4n) is 2.74. The molecule has 0 saturated heterocycles. The van der Waals surface area contributed by atoms with Crippen molar-refractivity contribution in [2.75, 3.05) is 5.75 Å². The van der Waals surface area contributed by atoms with Crippen LogP contribution < -0.4 is 10.6 Å². The van der Waals surface area contributed by atoms with E-state index in [1.165, 1.54) is 11.8 Å². The number of urea groups is 1. The first-order valence-electron chi connectivity index (χ1n) is 9.65. The molecule has 3 amide bonds. The Morgan fingerprint density at radius 3 is 2.29 bits per heavy atom. The topological polar surface area (TPSA) is 88.9 Å². The summed E-state index contributed by atoms with van der Waals surface area (Å²) in [4.78, 5) is 24.2. The van der Waals surface area contributed by atoms with Crippen LogP contribution in [0, 0.1) is 6.92 Å². The van der Waals surface area contributed by atoms with Gasteiger partial charge in [-0.1, -0.05) is 53.2 Å². The van der Waals surface area contributed by atoms with E-state index in [-0.39, 0.29) is 5.75 Å². The average Bonchev–Trinajstić information content (AvgIpc) is 3.10. The van der Waals surface area contributed by atoms with Crippen molar-refractivity contribution in [3.05, 3.63) is 59.1 Å². The molecule has 0 aliphatic carbocycles. The number of rotatable bonds is 5. The molecule has 31 heavy (non-hydrogen) atoms. The molecule has 0 fully saturated rings. The molecule has 2 N–H and O–H groups in total. The van der Waals surface area contributed by atoms with Gasteiger partial charge in [0.1, 0.15) is 0 Å². The third-order valence-corrected chi connectivity index (χ3v) is 5.28. The molecule has 0 atom stereocenters. The number of carbonyl (C=O) groups excluding carboxylic acids is 2. The van der Waals surface area contributed by atoms with Gasteiger partial charge in [0.2, 0.25) is 5.91 Å². The van der Waals surface area contributed by atoms with Gasteiger partial charge >= 0.3 is 6.03 Å². The summed E-state index contributed by atoms with van der Waals surface area (Å²) in [5.41, 5.74) is 2.42. The number of halogens is 1. The Kier molecular flexibility index (Phi) is 7.02. The third kappa shape index (κ3) is 6.32. The second kappa shape index (κ2) is 9.53. The van der Waals surface area contributed by atoms with Crippen molar-refractivity contribution in [3.63, 3.8) is 0 Å². The Hall–Kier alpha value is -2.84. The van der Waals surface area contributed by atoms with Gasteiger partial charge in [-0.15, -0.1) is 10.2 Å². The second-order valence-corrected chi connectivity index (χ2v) is 9.40. The molecule has 0 aliphatic rings. The molecule has 162 valence electrons. The number of hydrogen-bond donors (Lipinski definition) is 2. The number of amides is 3. The molecule has 3 aromatic rings. The van der Waals surface area contributed by atoms with Crippen LogP contribution in [-0.4, -0.2) is 38.0 Å². The third-order valence-electron chi connectivity index (χ3n) is 4.10. The van der Waals surface area contributed by atoms with Gasteiger partial charge in [0, 0.05) is 21.8 Å². The van der Waals surface area contributed by atoms with Crippen LogP contribution in [0.3, 0.4) is 0 Å². The minimum absolute atomic E-state index is 0.0111. The van der Waals surface area contributed by atoms with Gasteiger partial charge in [0.15, 0.2) is 11.0 Å². The van der Waals surface area contributed by atoms with Crippen molar-refractivity contribution in [1.82, 2.24) is 25.4 Å². The molecule has 0 bridgehead atoms. The van der Waals surface area contributed by atoms with E-state index in [2.05, 4.69) is 20.8 Å². The normalized spacial score (nSPS) is 11.3. The molecular weight excluding hydrogens is 434 g/mol. The Morgan fingerprint density at radius 1 is 1.03 bits per heavy atom. The maximum atomic E-state index is 12.3. The predicted molar refractivity (Wildman–Crippen MR) is 124 cm³/mol. The van der Waals surface area contributed by atoms with Crippen molar-refractivity contribution in [2.24, 2.45) is 0 Å². The summed E-state index contributed by atoms with van der Waals surface area (Å²) in [6.07, 6.45) is 0. The molecule has 0 unspecified atom stereocenters. The van der Waals surface area contributed by atoms with Gasteiger partial charge < -0.3 is 5.32 Å². The Labute approximate surface area is 190 Å². The highest BCUT2D eigenvalue weighted by molar-refractivity contribution is 7.99. The van der Waals surface area contributed by atoms with Crippen LogP contribution >= 0.6 is 23.4 Å². The first kappa shape index (κ1) is 22.8. The summed E-state index contributed by atoms with van der Waals surface area (Å²) in [6.45, 7) is 7.54. The number of hydrogen-bond acceptors (Lipinski definition) is 5. The minimum atomic E-state index is -0.530. The van der Waals surface area contributed by atoms with Crippen molar-refractivity contribution >= 4 is 35.3 Å². The zero-order valence-electron chi connectivity index (χ0n) is 17.8. The molecular formula is C22H24ClN5O2S. The zero-order chi connectivity index (χ0) is 22.6. The van der Waals surface area contributed by atoms with E-state index < -0.39 is 17.5 Å². The lowest BCUT2D eigenvalue weighted by molar-refractivity contribution is -0.117. The lowest BCUT2D eigenvalue weighted by Crippen LogP contribution is -2.48. The van der Waals surface area contributed by atoms with Crippen LogP contribution in [0.1, 0.15) is 26.3 Å². The van der Waals surface area contributed by atoms with Gasteiger partial charge in [0.05, 0.1) is 5.75 Å². The fourth-order valence-corrected chi connectivity index (χ4v) is 3.62. The highest BCUT2D eigenvalue weighted by Crippen LogP contribution is 2.28. The molecule has 3 rings (SSSR count). The summed E-state index contributed by atoms with van der Waals surface area (Å²) in [5, 5.41) is 14.8. The standard InChI is InChI=1S/C22H24ClN5O2S/c1-14-5-7-15(8-6-14)19-26-27-21(28(19)17-11-9-16(23)10-12-17)31-13-18(29)24-20(30)25-22(2,3)4/h5-12H,13H2,1-4H3,(H2,24,25,29,30). The van der Waals surface area contributed by atoms with Crippen molar-refractivity contribution < 1.29 is 9.59 Å². The summed E-state index contributed by atoms with van der Waals surface area (Å²) in [5.74, 6) is 0.238. The number of carbonyl (C=O) groups is 2. The minimum Gasteiger partial charge on any atom is -0.333 e. The van der Waals surface area contributed by atoms with E-state index in [9.17, 15) is 9.59 Å². The summed E-state index contributed by atoms with van der Waals surface area (Å²) in [6, 6.07) is 14.7. The van der Waals surface area contributed by atoms with Crippen LogP contribution in [0.4, 0.5) is 4.79 Å². The van der Waals surface area contributed by atoms with Crippen LogP contribution in [0.5, 0.6) is 0 Å². The zero-order valence-corrected chi connectivity index (χ0v) is 19.3. The van der Waals surface area contributed by atoms with Crippen LogP contribution in [0.15, 0.2) is 53.7 Å². The molecule has 2 aromatic carbocycles. The number of nitrogens with one attached hydrogen (secondary N) is 2. The number of thioether (sulfide) groups is 1. The number of aromatic nitrogens is 3. The van der Waals surface area contributed by atoms with E-state index in [4.69, 9.17) is 11.6 Å².